The van der Waals surface area contributed by atoms with Crippen LogP contribution in [0.15, 0.2) is 0 Å². The maximum absolute atomic E-state index is 8.61. The number of ether oxygens (including phenoxy) is 1. The fourth-order valence-corrected chi connectivity index (χ4v) is 2.31. The second kappa shape index (κ2) is 2.49. The van der Waals surface area contributed by atoms with Crippen LogP contribution in [0.1, 0.15) is 25.7 Å². The van der Waals surface area contributed by atoms with Crippen molar-refractivity contribution in [2.45, 2.75) is 25.7 Å². The molecule has 2 nitrogen and oxygen atoms in total. The SMILES string of the molecule is N#CC1CC2(CCCOC2)C1. The normalized spacial score (nSPS) is 43.0. The Kier molecular flexibility index (Phi) is 1.61. The number of rotatable bonds is 0. The molecule has 0 aromatic carbocycles. The van der Waals surface area contributed by atoms with E-state index in [0.717, 1.165) is 26.1 Å². The van der Waals surface area contributed by atoms with Crippen LogP contribution in [-0.2, 0) is 4.74 Å². The summed E-state index contributed by atoms with van der Waals surface area (Å²) >= 11 is 0. The Morgan fingerprint density at radius 1 is 1.45 bits per heavy atom. The van der Waals surface area contributed by atoms with Gasteiger partial charge in [0.25, 0.3) is 0 Å². The molecule has 1 spiro atoms. The van der Waals surface area contributed by atoms with E-state index in [1.54, 1.807) is 0 Å². The van der Waals surface area contributed by atoms with Crippen molar-refractivity contribution in [1.82, 2.24) is 0 Å². The highest BCUT2D eigenvalue weighted by molar-refractivity contribution is 5.03. The molecule has 2 rings (SSSR count). The fraction of sp³-hybridized carbons (Fsp3) is 0.889. The monoisotopic (exact) mass is 151 g/mol. The Bertz CT molecular complexity index is 180. The summed E-state index contributed by atoms with van der Waals surface area (Å²) in [6.45, 7) is 1.84. The molecule has 1 aliphatic carbocycles. The molecule has 0 atom stereocenters. The third-order valence-corrected chi connectivity index (χ3v) is 2.95. The van der Waals surface area contributed by atoms with E-state index in [-0.39, 0.29) is 0 Å². The van der Waals surface area contributed by atoms with Crippen molar-refractivity contribution in [3.63, 3.8) is 0 Å². The van der Waals surface area contributed by atoms with Gasteiger partial charge < -0.3 is 4.74 Å². The maximum Gasteiger partial charge on any atom is 0.0656 e. The van der Waals surface area contributed by atoms with Gasteiger partial charge in [0.15, 0.2) is 0 Å². The summed E-state index contributed by atoms with van der Waals surface area (Å²) in [5.41, 5.74) is 0.429. The van der Waals surface area contributed by atoms with E-state index in [0.29, 0.717) is 11.3 Å². The molecule has 1 aliphatic heterocycles. The van der Waals surface area contributed by atoms with Crippen LogP contribution in [0.5, 0.6) is 0 Å². The van der Waals surface area contributed by atoms with Crippen LogP contribution in [0.2, 0.25) is 0 Å². The smallest absolute Gasteiger partial charge is 0.0656 e. The molecule has 60 valence electrons. The Balaban J connectivity index is 1.90. The third-order valence-electron chi connectivity index (χ3n) is 2.95. The van der Waals surface area contributed by atoms with Crippen molar-refractivity contribution in [3.8, 4) is 6.07 Å². The minimum atomic E-state index is 0.330. The molecule has 11 heavy (non-hydrogen) atoms. The summed E-state index contributed by atoms with van der Waals surface area (Å²) in [6.07, 6.45) is 4.65. The number of nitriles is 1. The molecule has 0 amide bonds. The van der Waals surface area contributed by atoms with Crippen molar-refractivity contribution in [2.24, 2.45) is 11.3 Å². The van der Waals surface area contributed by atoms with Crippen molar-refractivity contribution in [1.29, 1.82) is 5.26 Å². The van der Waals surface area contributed by atoms with E-state index in [1.807, 2.05) is 0 Å². The highest BCUT2D eigenvalue weighted by Crippen LogP contribution is 2.50. The molecule has 0 aromatic heterocycles. The summed E-state index contributed by atoms with van der Waals surface area (Å²) in [4.78, 5) is 0. The first-order chi connectivity index (χ1) is 5.35. The summed E-state index contributed by atoms with van der Waals surface area (Å²) in [7, 11) is 0. The summed E-state index contributed by atoms with van der Waals surface area (Å²) in [5, 5.41) is 8.61. The minimum absolute atomic E-state index is 0.330. The van der Waals surface area contributed by atoms with Gasteiger partial charge in [-0.15, -0.1) is 0 Å². The molecule has 0 bridgehead atoms. The Morgan fingerprint density at radius 2 is 2.27 bits per heavy atom. The predicted molar refractivity (Wildman–Crippen MR) is 40.8 cm³/mol. The van der Waals surface area contributed by atoms with Gasteiger partial charge in [-0.25, -0.2) is 0 Å². The Hall–Kier alpha value is -0.550. The second-order valence-electron chi connectivity index (χ2n) is 3.89. The Morgan fingerprint density at radius 3 is 2.82 bits per heavy atom. The van der Waals surface area contributed by atoms with Gasteiger partial charge in [-0.3, -0.25) is 0 Å². The van der Waals surface area contributed by atoms with E-state index in [1.165, 1.54) is 12.8 Å². The molecule has 0 radical (unpaired) electrons. The van der Waals surface area contributed by atoms with Crippen molar-refractivity contribution >= 4 is 0 Å². The van der Waals surface area contributed by atoms with E-state index < -0.39 is 0 Å². The number of hydrogen-bond acceptors (Lipinski definition) is 2. The van der Waals surface area contributed by atoms with Crippen LogP contribution in [0.4, 0.5) is 0 Å². The standard InChI is InChI=1S/C9H13NO/c10-6-8-4-9(5-8)2-1-3-11-7-9/h8H,1-5,7H2. The molecule has 1 saturated carbocycles. The zero-order valence-electron chi connectivity index (χ0n) is 6.68. The first-order valence-corrected chi connectivity index (χ1v) is 4.32. The molecule has 2 fully saturated rings. The van der Waals surface area contributed by atoms with Crippen LogP contribution < -0.4 is 0 Å². The fourth-order valence-electron chi connectivity index (χ4n) is 2.31. The lowest BCUT2D eigenvalue weighted by Crippen LogP contribution is -2.43. The van der Waals surface area contributed by atoms with Crippen LogP contribution in [0.3, 0.4) is 0 Å². The van der Waals surface area contributed by atoms with Crippen molar-refractivity contribution in [2.75, 3.05) is 13.2 Å². The van der Waals surface area contributed by atoms with Crippen molar-refractivity contribution < 1.29 is 4.74 Å². The number of nitrogens with zero attached hydrogens (tertiary/aromatic N) is 1. The first-order valence-electron chi connectivity index (χ1n) is 4.32. The minimum Gasteiger partial charge on any atom is -0.381 e. The highest BCUT2D eigenvalue weighted by Gasteiger charge is 2.45. The summed E-state index contributed by atoms with van der Waals surface area (Å²) in [5.74, 6) is 0.330. The first kappa shape index (κ1) is 7.12. The van der Waals surface area contributed by atoms with Gasteiger partial charge >= 0.3 is 0 Å². The topological polar surface area (TPSA) is 33.0 Å². The average molecular weight is 151 g/mol. The quantitative estimate of drug-likeness (QED) is 0.528. The molecule has 0 unspecified atom stereocenters. The highest BCUT2D eigenvalue weighted by atomic mass is 16.5. The lowest BCUT2D eigenvalue weighted by Gasteiger charge is -2.47. The van der Waals surface area contributed by atoms with E-state index >= 15 is 0 Å². The third kappa shape index (κ3) is 1.14. The average Bonchev–Trinajstić information content (AvgIpc) is 2.01. The zero-order valence-corrected chi connectivity index (χ0v) is 6.68. The van der Waals surface area contributed by atoms with Gasteiger partial charge in [-0.05, 0) is 31.1 Å². The molecule has 0 aromatic rings. The van der Waals surface area contributed by atoms with Gasteiger partial charge in [-0.2, -0.15) is 5.26 Å². The largest absolute Gasteiger partial charge is 0.381 e. The van der Waals surface area contributed by atoms with Crippen molar-refractivity contribution in [3.05, 3.63) is 0 Å². The van der Waals surface area contributed by atoms with E-state index in [9.17, 15) is 0 Å². The summed E-state index contributed by atoms with van der Waals surface area (Å²) < 4.78 is 5.41. The van der Waals surface area contributed by atoms with E-state index in [2.05, 4.69) is 6.07 Å². The van der Waals surface area contributed by atoms with Gasteiger partial charge in [-0.1, -0.05) is 0 Å². The second-order valence-corrected chi connectivity index (χ2v) is 3.89. The van der Waals surface area contributed by atoms with Gasteiger partial charge in [0.05, 0.1) is 12.7 Å². The van der Waals surface area contributed by atoms with Crippen LogP contribution in [0, 0.1) is 22.7 Å². The van der Waals surface area contributed by atoms with Crippen LogP contribution in [-0.4, -0.2) is 13.2 Å². The lowest BCUT2D eigenvalue weighted by molar-refractivity contribution is -0.0691. The zero-order chi connectivity index (χ0) is 7.73. The van der Waals surface area contributed by atoms with Gasteiger partial charge in [0, 0.05) is 12.5 Å². The maximum atomic E-state index is 8.61. The molecule has 1 saturated heterocycles. The number of hydrogen-bond donors (Lipinski definition) is 0. The van der Waals surface area contributed by atoms with Gasteiger partial charge in [0.1, 0.15) is 0 Å². The van der Waals surface area contributed by atoms with Crippen LogP contribution in [0.25, 0.3) is 0 Å². The lowest BCUT2D eigenvalue weighted by atomic mass is 9.60. The molecular formula is C9H13NO. The van der Waals surface area contributed by atoms with Crippen LogP contribution >= 0.6 is 0 Å². The van der Waals surface area contributed by atoms with Gasteiger partial charge in [0.2, 0.25) is 0 Å². The molecule has 0 N–H and O–H groups in total. The molecule has 2 heteroatoms. The molecule has 1 heterocycles. The van der Waals surface area contributed by atoms with E-state index in [4.69, 9.17) is 10.00 Å². The summed E-state index contributed by atoms with van der Waals surface area (Å²) in [6, 6.07) is 2.32. The molecule has 2 aliphatic rings. The molecular weight excluding hydrogens is 138 g/mol. The predicted octanol–water partition coefficient (Wildman–Crippen LogP) is 1.72. The Labute approximate surface area is 67.2 Å².